The van der Waals surface area contributed by atoms with Crippen LogP contribution in [0.4, 0.5) is 6.01 Å². The summed E-state index contributed by atoms with van der Waals surface area (Å²) < 4.78 is 5.69. The molecule has 0 spiro atoms. The van der Waals surface area contributed by atoms with Crippen molar-refractivity contribution in [3.63, 3.8) is 0 Å². The van der Waals surface area contributed by atoms with Gasteiger partial charge in [0.2, 0.25) is 0 Å². The summed E-state index contributed by atoms with van der Waals surface area (Å²) in [6.07, 6.45) is 4.73. The fraction of sp³-hybridized carbons (Fsp3) is 0.308. The van der Waals surface area contributed by atoms with Gasteiger partial charge in [-0.2, -0.15) is 4.98 Å². The van der Waals surface area contributed by atoms with Crippen LogP contribution in [0.1, 0.15) is 12.8 Å². The monoisotopic (exact) mass is 259 g/mol. The third-order valence-corrected chi connectivity index (χ3v) is 4.12. The predicted molar refractivity (Wildman–Crippen MR) is 73.0 cm³/mol. The molecule has 2 aromatic rings. The summed E-state index contributed by atoms with van der Waals surface area (Å²) in [6, 6.07) is 9.12. The van der Waals surface area contributed by atoms with Crippen LogP contribution in [0.25, 0.3) is 11.1 Å². The molecule has 5 heteroatoms. The molecule has 2 aliphatic rings. The average Bonchev–Trinajstić information content (AvgIpc) is 2.98. The first-order chi connectivity index (χ1) is 8.90. The molecule has 0 amide bonds. The molecule has 1 N–H and O–H groups in total. The number of hydrogen-bond donors (Lipinski definition) is 1. The zero-order valence-corrected chi connectivity index (χ0v) is 10.6. The van der Waals surface area contributed by atoms with Crippen LogP contribution in [-0.4, -0.2) is 21.4 Å². The van der Waals surface area contributed by atoms with Gasteiger partial charge in [-0.15, -0.1) is 0 Å². The number of hydrogen-bond acceptors (Lipinski definition) is 5. The third kappa shape index (κ3) is 1.75. The topological polar surface area (TPSA) is 41.3 Å². The predicted octanol–water partition coefficient (Wildman–Crippen LogP) is 3.21. The number of oxazole rings is 1. The van der Waals surface area contributed by atoms with Gasteiger partial charge in [-0.1, -0.05) is 23.9 Å². The van der Waals surface area contributed by atoms with Gasteiger partial charge in [-0.25, -0.2) is 0 Å². The quantitative estimate of drug-likeness (QED) is 0.916. The van der Waals surface area contributed by atoms with E-state index in [0.717, 1.165) is 11.1 Å². The van der Waals surface area contributed by atoms with E-state index in [1.165, 1.54) is 12.8 Å². The van der Waals surface area contributed by atoms with Crippen LogP contribution in [0.5, 0.6) is 0 Å². The molecule has 0 saturated heterocycles. The van der Waals surface area contributed by atoms with Gasteiger partial charge in [-0.05, 0) is 30.4 Å². The highest BCUT2D eigenvalue weighted by Gasteiger charge is 2.34. The molecule has 0 radical (unpaired) electrons. The normalized spacial score (nSPS) is 22.9. The summed E-state index contributed by atoms with van der Waals surface area (Å²) in [4.78, 5) is 6.79. The van der Waals surface area contributed by atoms with Crippen molar-refractivity contribution >= 4 is 28.9 Å². The van der Waals surface area contributed by atoms with Crippen LogP contribution in [0.15, 0.2) is 40.3 Å². The van der Waals surface area contributed by atoms with E-state index in [9.17, 15) is 0 Å². The Hall–Kier alpha value is -1.62. The Labute approximate surface area is 109 Å². The van der Waals surface area contributed by atoms with E-state index in [-0.39, 0.29) is 5.50 Å². The van der Waals surface area contributed by atoms with Crippen molar-refractivity contribution in [2.24, 2.45) is 0 Å². The van der Waals surface area contributed by atoms with E-state index in [1.54, 1.807) is 11.8 Å². The second-order valence-electron chi connectivity index (χ2n) is 4.58. The summed E-state index contributed by atoms with van der Waals surface area (Å²) in [5, 5.41) is 5.47. The molecule has 4 rings (SSSR count). The van der Waals surface area contributed by atoms with Gasteiger partial charge in [0.25, 0.3) is 6.01 Å². The van der Waals surface area contributed by atoms with Gasteiger partial charge in [0.15, 0.2) is 11.1 Å². The number of rotatable bonds is 3. The molecule has 1 aromatic carbocycles. The molecule has 1 unspecified atom stereocenters. The summed E-state index contributed by atoms with van der Waals surface area (Å²) in [5.41, 5.74) is 1.94. The summed E-state index contributed by atoms with van der Waals surface area (Å²) in [7, 11) is 0. The fourth-order valence-corrected chi connectivity index (χ4v) is 3.07. The minimum atomic E-state index is 0.213. The molecule has 2 heterocycles. The molecule has 1 aromatic heterocycles. The lowest BCUT2D eigenvalue weighted by Crippen LogP contribution is -2.33. The number of benzene rings is 1. The first-order valence-corrected chi connectivity index (χ1v) is 7.06. The maximum atomic E-state index is 5.69. The van der Waals surface area contributed by atoms with Crippen molar-refractivity contribution < 1.29 is 4.42 Å². The number of aromatic nitrogens is 1. The Morgan fingerprint density at radius 2 is 2.22 bits per heavy atom. The number of para-hydroxylation sites is 2. The van der Waals surface area contributed by atoms with Crippen LogP contribution in [0.3, 0.4) is 0 Å². The molecule has 0 bridgehead atoms. The Morgan fingerprint density at radius 1 is 1.33 bits per heavy atom. The molecule has 1 aliphatic heterocycles. The smallest absolute Gasteiger partial charge is 0.298 e. The lowest BCUT2D eigenvalue weighted by molar-refractivity contribution is 0.368. The molecule has 1 saturated carbocycles. The molecular weight excluding hydrogens is 246 g/mol. The standard InChI is InChI=1S/C13H13N3OS/c1-2-4-11-10(3-1)14-12(17-11)15-13-16(7-8-18-13)9-5-6-9/h1-4,7-9,13H,5-6H2,(H,14,15). The van der Waals surface area contributed by atoms with E-state index in [4.69, 9.17) is 4.42 Å². The van der Waals surface area contributed by atoms with E-state index in [0.29, 0.717) is 12.1 Å². The summed E-state index contributed by atoms with van der Waals surface area (Å²) in [5.74, 6) is 0. The van der Waals surface area contributed by atoms with E-state index in [2.05, 4.69) is 26.8 Å². The minimum absolute atomic E-state index is 0.213. The van der Waals surface area contributed by atoms with Crippen molar-refractivity contribution in [1.29, 1.82) is 0 Å². The lowest BCUT2D eigenvalue weighted by Gasteiger charge is -2.24. The van der Waals surface area contributed by atoms with Gasteiger partial charge in [0, 0.05) is 12.2 Å². The highest BCUT2D eigenvalue weighted by molar-refractivity contribution is 8.03. The number of nitrogens with zero attached hydrogens (tertiary/aromatic N) is 2. The largest absolute Gasteiger partial charge is 0.424 e. The van der Waals surface area contributed by atoms with Crippen molar-refractivity contribution in [1.82, 2.24) is 9.88 Å². The first-order valence-electron chi connectivity index (χ1n) is 6.12. The average molecular weight is 259 g/mol. The third-order valence-electron chi connectivity index (χ3n) is 3.22. The lowest BCUT2D eigenvalue weighted by atomic mass is 10.3. The molecule has 1 atom stereocenters. The maximum Gasteiger partial charge on any atom is 0.298 e. The summed E-state index contributed by atoms with van der Waals surface area (Å²) in [6.45, 7) is 0. The molecule has 92 valence electrons. The van der Waals surface area contributed by atoms with Crippen molar-refractivity contribution in [2.75, 3.05) is 5.32 Å². The van der Waals surface area contributed by atoms with Gasteiger partial charge in [0.1, 0.15) is 5.52 Å². The molecule has 1 fully saturated rings. The number of anilines is 1. The first kappa shape index (κ1) is 10.3. The molecule has 18 heavy (non-hydrogen) atoms. The van der Waals surface area contributed by atoms with Crippen molar-refractivity contribution in [3.05, 3.63) is 35.9 Å². The Morgan fingerprint density at radius 3 is 3.06 bits per heavy atom. The molecule has 4 nitrogen and oxygen atoms in total. The van der Waals surface area contributed by atoms with Crippen LogP contribution in [-0.2, 0) is 0 Å². The zero-order chi connectivity index (χ0) is 11.9. The summed E-state index contributed by atoms with van der Waals surface area (Å²) >= 11 is 1.76. The van der Waals surface area contributed by atoms with Crippen LogP contribution in [0, 0.1) is 0 Å². The van der Waals surface area contributed by atoms with Crippen molar-refractivity contribution in [3.8, 4) is 0 Å². The van der Waals surface area contributed by atoms with Crippen molar-refractivity contribution in [2.45, 2.75) is 24.4 Å². The van der Waals surface area contributed by atoms with E-state index in [1.807, 2.05) is 24.3 Å². The van der Waals surface area contributed by atoms with Crippen LogP contribution < -0.4 is 5.32 Å². The second-order valence-corrected chi connectivity index (χ2v) is 5.57. The number of nitrogens with one attached hydrogen (secondary N) is 1. The van der Waals surface area contributed by atoms with Crippen LogP contribution >= 0.6 is 11.8 Å². The Kier molecular flexibility index (Phi) is 2.26. The maximum absolute atomic E-state index is 5.69. The zero-order valence-electron chi connectivity index (χ0n) is 9.74. The Bertz CT molecular complexity index is 572. The minimum Gasteiger partial charge on any atom is -0.424 e. The van der Waals surface area contributed by atoms with Gasteiger partial charge in [-0.3, -0.25) is 0 Å². The van der Waals surface area contributed by atoms with E-state index >= 15 is 0 Å². The highest BCUT2D eigenvalue weighted by Crippen LogP contribution is 2.37. The fourth-order valence-electron chi connectivity index (χ4n) is 2.16. The van der Waals surface area contributed by atoms with Gasteiger partial charge in [0.05, 0.1) is 0 Å². The number of thioether (sulfide) groups is 1. The second kappa shape index (κ2) is 3.95. The highest BCUT2D eigenvalue weighted by atomic mass is 32.2. The Balaban J connectivity index is 1.56. The van der Waals surface area contributed by atoms with Gasteiger partial charge < -0.3 is 14.6 Å². The molecule has 1 aliphatic carbocycles. The van der Waals surface area contributed by atoms with Crippen LogP contribution in [0.2, 0.25) is 0 Å². The van der Waals surface area contributed by atoms with E-state index < -0.39 is 0 Å². The number of fused-ring (bicyclic) bond motifs is 1. The van der Waals surface area contributed by atoms with Gasteiger partial charge >= 0.3 is 0 Å². The SMILES string of the molecule is C1=CN(C2CC2)C(Nc2nc3ccccc3o2)S1. The molecular formula is C13H13N3OS.